The molecule has 0 spiro atoms. The van der Waals surface area contributed by atoms with E-state index in [2.05, 4.69) is 73.6 Å². The first-order valence-electron chi connectivity index (χ1n) is 10.8. The molecule has 0 amide bonds. The molecule has 3 aliphatic rings. The van der Waals surface area contributed by atoms with Crippen molar-refractivity contribution >= 4 is 10.9 Å². The second kappa shape index (κ2) is 8.05. The Balaban J connectivity index is 1.69. The third-order valence-electron chi connectivity index (χ3n) is 7.20. The fraction of sp³-hybridized carbons (Fsp3) is 0.423. The minimum absolute atomic E-state index is 0.659. The molecular formula is C26H33N2+. The van der Waals surface area contributed by atoms with E-state index in [1.165, 1.54) is 46.9 Å². The fourth-order valence-corrected chi connectivity index (χ4v) is 5.74. The Kier molecular flexibility index (Phi) is 5.50. The summed E-state index contributed by atoms with van der Waals surface area (Å²) in [5.74, 6) is 1.46. The van der Waals surface area contributed by atoms with Crippen molar-refractivity contribution < 1.29 is 4.48 Å². The quantitative estimate of drug-likeness (QED) is 0.344. The van der Waals surface area contributed by atoms with Crippen molar-refractivity contribution in [1.82, 2.24) is 4.98 Å². The molecule has 4 unspecified atom stereocenters. The van der Waals surface area contributed by atoms with Crippen molar-refractivity contribution in [1.29, 1.82) is 0 Å². The molecule has 2 aromatic rings. The first kappa shape index (κ1) is 19.1. The number of pyridine rings is 1. The smallest absolute Gasteiger partial charge is 0.104 e. The van der Waals surface area contributed by atoms with E-state index in [4.69, 9.17) is 0 Å². The van der Waals surface area contributed by atoms with Crippen LogP contribution in [0.4, 0.5) is 0 Å². The van der Waals surface area contributed by atoms with E-state index in [-0.39, 0.29) is 0 Å². The van der Waals surface area contributed by atoms with Crippen LogP contribution in [0, 0.1) is 11.8 Å². The summed E-state index contributed by atoms with van der Waals surface area (Å²) in [6.07, 6.45) is 13.5. The zero-order valence-corrected chi connectivity index (χ0v) is 17.2. The third kappa shape index (κ3) is 3.46. The van der Waals surface area contributed by atoms with Crippen molar-refractivity contribution in [2.45, 2.75) is 38.6 Å². The van der Waals surface area contributed by atoms with Gasteiger partial charge < -0.3 is 4.48 Å². The molecule has 3 saturated heterocycles. The maximum absolute atomic E-state index is 4.57. The molecule has 3 aliphatic heterocycles. The molecule has 1 aromatic heterocycles. The molecule has 1 aromatic carbocycles. The molecule has 0 radical (unpaired) electrons. The number of aromatic nitrogens is 1. The summed E-state index contributed by atoms with van der Waals surface area (Å²) in [5, 5.41) is 1.32. The van der Waals surface area contributed by atoms with Crippen LogP contribution < -0.4 is 0 Å². The van der Waals surface area contributed by atoms with Gasteiger partial charge in [0.25, 0.3) is 0 Å². The average molecular weight is 374 g/mol. The molecule has 0 saturated carbocycles. The molecule has 2 nitrogen and oxygen atoms in total. The van der Waals surface area contributed by atoms with Crippen molar-refractivity contribution in [2.75, 3.05) is 19.6 Å². The standard InChI is InChI=1S/C26H33N2/c1-4-9-20(5-2)18-28-15-13-22(21(6-3)19-28)16-24(28)17-23-12-14-27-26-11-8-7-10-25(23)26/h5-12,14,21-22,24H,2-4,13,15-19H2,1H3/q+1/b20-9+. The van der Waals surface area contributed by atoms with Crippen LogP contribution >= 0.6 is 0 Å². The predicted octanol–water partition coefficient (Wildman–Crippen LogP) is 5.71. The maximum atomic E-state index is 4.57. The van der Waals surface area contributed by atoms with Gasteiger partial charge in [0.05, 0.1) is 24.6 Å². The molecule has 3 fully saturated rings. The van der Waals surface area contributed by atoms with Crippen LogP contribution in [0.1, 0.15) is 31.7 Å². The van der Waals surface area contributed by atoms with Crippen LogP contribution in [0.3, 0.4) is 0 Å². The Bertz CT molecular complexity index is 891. The molecule has 0 N–H and O–H groups in total. The highest BCUT2D eigenvalue weighted by Crippen LogP contribution is 2.44. The van der Waals surface area contributed by atoms with Gasteiger partial charge in [0.2, 0.25) is 0 Å². The Labute approximate surface area is 169 Å². The van der Waals surface area contributed by atoms with E-state index in [1.807, 2.05) is 6.20 Å². The van der Waals surface area contributed by atoms with Gasteiger partial charge in [-0.1, -0.05) is 49.9 Å². The number of rotatable bonds is 7. The number of hydrogen-bond acceptors (Lipinski definition) is 1. The SMILES string of the molecule is C=C/C(=C\CC)C[N+]12CCC(CC1Cc1ccnc3ccccc13)C(C=C)C2. The highest BCUT2D eigenvalue weighted by Gasteiger charge is 2.51. The predicted molar refractivity (Wildman–Crippen MR) is 119 cm³/mol. The van der Waals surface area contributed by atoms with Crippen LogP contribution in [-0.4, -0.2) is 35.1 Å². The largest absolute Gasteiger partial charge is 0.317 e. The molecule has 2 heteroatoms. The summed E-state index contributed by atoms with van der Waals surface area (Å²) >= 11 is 0. The van der Waals surface area contributed by atoms with Gasteiger partial charge in [0, 0.05) is 42.3 Å². The number of allylic oxidation sites excluding steroid dienone is 1. The Hall–Kier alpha value is -2.19. The monoisotopic (exact) mass is 373 g/mol. The lowest BCUT2D eigenvalue weighted by Gasteiger charge is -2.57. The van der Waals surface area contributed by atoms with Crippen molar-refractivity contribution in [3.63, 3.8) is 0 Å². The van der Waals surface area contributed by atoms with E-state index in [0.717, 1.165) is 30.8 Å². The van der Waals surface area contributed by atoms with Crippen molar-refractivity contribution in [3.8, 4) is 0 Å². The van der Waals surface area contributed by atoms with E-state index in [9.17, 15) is 0 Å². The van der Waals surface area contributed by atoms with Crippen LogP contribution in [-0.2, 0) is 6.42 Å². The average Bonchev–Trinajstić information content (AvgIpc) is 2.74. The van der Waals surface area contributed by atoms with Crippen LogP contribution in [0.5, 0.6) is 0 Å². The first-order valence-corrected chi connectivity index (χ1v) is 10.8. The molecule has 28 heavy (non-hydrogen) atoms. The number of fused-ring (bicyclic) bond motifs is 4. The van der Waals surface area contributed by atoms with Gasteiger partial charge in [-0.3, -0.25) is 4.98 Å². The highest BCUT2D eigenvalue weighted by molar-refractivity contribution is 5.81. The van der Waals surface area contributed by atoms with E-state index >= 15 is 0 Å². The highest BCUT2D eigenvalue weighted by atomic mass is 15.4. The van der Waals surface area contributed by atoms with Gasteiger partial charge in [0.15, 0.2) is 0 Å². The minimum Gasteiger partial charge on any atom is -0.317 e. The lowest BCUT2D eigenvalue weighted by Crippen LogP contribution is -2.67. The van der Waals surface area contributed by atoms with E-state index < -0.39 is 0 Å². The van der Waals surface area contributed by atoms with Gasteiger partial charge >= 0.3 is 0 Å². The van der Waals surface area contributed by atoms with Crippen LogP contribution in [0.15, 0.2) is 73.5 Å². The topological polar surface area (TPSA) is 12.9 Å². The van der Waals surface area contributed by atoms with Gasteiger partial charge in [-0.05, 0) is 30.0 Å². The third-order valence-corrected chi connectivity index (χ3v) is 7.20. The normalized spacial score (nSPS) is 29.8. The summed E-state index contributed by atoms with van der Waals surface area (Å²) in [7, 11) is 0. The summed E-state index contributed by atoms with van der Waals surface area (Å²) in [6.45, 7) is 14.1. The zero-order valence-electron chi connectivity index (χ0n) is 17.2. The molecule has 0 aliphatic carbocycles. The second-order valence-electron chi connectivity index (χ2n) is 8.70. The molecule has 4 atom stereocenters. The van der Waals surface area contributed by atoms with Gasteiger partial charge in [-0.25, -0.2) is 0 Å². The van der Waals surface area contributed by atoms with Crippen molar-refractivity contribution in [3.05, 3.63) is 79.1 Å². The minimum atomic E-state index is 0.659. The summed E-state index contributed by atoms with van der Waals surface area (Å²) in [6, 6.07) is 11.5. The van der Waals surface area contributed by atoms with E-state index in [1.54, 1.807) is 0 Å². The summed E-state index contributed by atoms with van der Waals surface area (Å²) in [4.78, 5) is 4.57. The molecule has 2 bridgehead atoms. The van der Waals surface area contributed by atoms with Gasteiger partial charge in [-0.2, -0.15) is 0 Å². The van der Waals surface area contributed by atoms with Crippen LogP contribution in [0.2, 0.25) is 0 Å². The van der Waals surface area contributed by atoms with Gasteiger partial charge in [-0.15, -0.1) is 6.58 Å². The zero-order chi connectivity index (χ0) is 19.6. The first-order chi connectivity index (χ1) is 13.7. The number of hydrogen-bond donors (Lipinski definition) is 0. The van der Waals surface area contributed by atoms with Crippen molar-refractivity contribution in [2.24, 2.45) is 11.8 Å². The molecule has 5 rings (SSSR count). The Morgan fingerprint density at radius 2 is 2.11 bits per heavy atom. The number of para-hydroxylation sites is 1. The number of quaternary nitrogens is 1. The number of benzene rings is 1. The van der Waals surface area contributed by atoms with Crippen LogP contribution in [0.25, 0.3) is 10.9 Å². The molecular weight excluding hydrogens is 340 g/mol. The molecule has 4 heterocycles. The second-order valence-corrected chi connectivity index (χ2v) is 8.70. The summed E-state index contributed by atoms with van der Waals surface area (Å²) < 4.78 is 1.20. The van der Waals surface area contributed by atoms with E-state index in [0.29, 0.717) is 12.0 Å². The van der Waals surface area contributed by atoms with Gasteiger partial charge in [0.1, 0.15) is 6.54 Å². The summed E-state index contributed by atoms with van der Waals surface area (Å²) in [5.41, 5.74) is 3.98. The Morgan fingerprint density at radius 1 is 1.25 bits per heavy atom. The lowest BCUT2D eigenvalue weighted by molar-refractivity contribution is -0.965. The molecule has 146 valence electrons. The maximum Gasteiger partial charge on any atom is 0.104 e. The number of piperidine rings is 3. The Morgan fingerprint density at radius 3 is 2.89 bits per heavy atom. The number of nitrogens with zero attached hydrogens (tertiary/aromatic N) is 2. The fourth-order valence-electron chi connectivity index (χ4n) is 5.74. The lowest BCUT2D eigenvalue weighted by atomic mass is 9.71.